The van der Waals surface area contributed by atoms with Crippen molar-refractivity contribution in [2.45, 2.75) is 10.9 Å². The van der Waals surface area contributed by atoms with Crippen LogP contribution in [-0.2, 0) is 5.75 Å². The number of rotatable bonds is 8. The number of benzene rings is 3. The molecule has 1 aromatic heterocycles. The quantitative estimate of drug-likeness (QED) is 0.234. The zero-order chi connectivity index (χ0) is 22.3. The van der Waals surface area contributed by atoms with Crippen LogP contribution in [-0.4, -0.2) is 36.3 Å². The molecule has 2 N–H and O–H groups in total. The van der Waals surface area contributed by atoms with Crippen LogP contribution < -0.4 is 14.9 Å². The minimum Gasteiger partial charge on any atom is -0.493 e. The van der Waals surface area contributed by atoms with E-state index in [1.807, 2.05) is 48.5 Å². The Morgan fingerprint density at radius 2 is 1.88 bits per heavy atom. The van der Waals surface area contributed by atoms with Gasteiger partial charge in [-0.2, -0.15) is 5.10 Å². The normalized spacial score (nSPS) is 11.1. The summed E-state index contributed by atoms with van der Waals surface area (Å²) < 4.78 is 10.6. The average Bonchev–Trinajstić information content (AvgIpc) is 3.26. The van der Waals surface area contributed by atoms with Crippen LogP contribution in [0.15, 0.2) is 77.0 Å². The van der Waals surface area contributed by atoms with Crippen molar-refractivity contribution < 1.29 is 14.3 Å². The zero-order valence-corrected chi connectivity index (χ0v) is 18.5. The molecule has 32 heavy (non-hydrogen) atoms. The summed E-state index contributed by atoms with van der Waals surface area (Å²) in [7, 11) is 3.13. The number of aromatic amines is 1. The van der Waals surface area contributed by atoms with E-state index in [-0.39, 0.29) is 5.91 Å². The highest BCUT2D eigenvalue weighted by molar-refractivity contribution is 7.98. The van der Waals surface area contributed by atoms with Gasteiger partial charge in [-0.05, 0) is 42.0 Å². The molecule has 4 aromatic rings. The van der Waals surface area contributed by atoms with E-state index in [1.54, 1.807) is 44.2 Å². The molecule has 1 heterocycles. The van der Waals surface area contributed by atoms with Crippen LogP contribution in [0.2, 0.25) is 0 Å². The summed E-state index contributed by atoms with van der Waals surface area (Å²) in [5.41, 5.74) is 6.84. The first kappa shape index (κ1) is 21.5. The maximum atomic E-state index is 12.4. The van der Waals surface area contributed by atoms with Crippen molar-refractivity contribution in [1.82, 2.24) is 15.4 Å². The molecule has 162 valence electrons. The maximum absolute atomic E-state index is 12.4. The molecule has 4 rings (SSSR count). The molecule has 0 radical (unpaired) electrons. The fourth-order valence-corrected chi connectivity index (χ4v) is 3.98. The number of imidazole rings is 1. The number of ether oxygens (including phenoxy) is 2. The molecule has 0 atom stereocenters. The number of methoxy groups -OCH3 is 2. The van der Waals surface area contributed by atoms with Gasteiger partial charge in [0, 0.05) is 16.9 Å². The molecule has 0 aliphatic heterocycles. The molecule has 7 nitrogen and oxygen atoms in total. The molecule has 3 aromatic carbocycles. The average molecular weight is 447 g/mol. The molecular formula is C24H22N4O3S. The van der Waals surface area contributed by atoms with Gasteiger partial charge in [-0.25, -0.2) is 10.4 Å². The van der Waals surface area contributed by atoms with Crippen LogP contribution in [0.25, 0.3) is 11.0 Å². The van der Waals surface area contributed by atoms with E-state index in [1.165, 1.54) is 6.21 Å². The van der Waals surface area contributed by atoms with Gasteiger partial charge in [-0.1, -0.05) is 42.1 Å². The van der Waals surface area contributed by atoms with Crippen molar-refractivity contribution in [3.8, 4) is 11.5 Å². The highest BCUT2D eigenvalue weighted by Crippen LogP contribution is 2.29. The summed E-state index contributed by atoms with van der Waals surface area (Å²) >= 11 is 1.62. The van der Waals surface area contributed by atoms with Crippen LogP contribution in [0.5, 0.6) is 11.5 Å². The molecule has 0 unspecified atom stereocenters. The number of aromatic nitrogens is 2. The van der Waals surface area contributed by atoms with Gasteiger partial charge in [-0.15, -0.1) is 0 Å². The number of thioether (sulfide) groups is 1. The van der Waals surface area contributed by atoms with Gasteiger partial charge in [0.15, 0.2) is 16.7 Å². The summed E-state index contributed by atoms with van der Waals surface area (Å²) in [6, 6.07) is 20.8. The summed E-state index contributed by atoms with van der Waals surface area (Å²) in [6.07, 6.45) is 1.53. The summed E-state index contributed by atoms with van der Waals surface area (Å²) in [5, 5.41) is 4.92. The van der Waals surface area contributed by atoms with Crippen LogP contribution >= 0.6 is 11.8 Å². The Kier molecular flexibility index (Phi) is 6.72. The third-order valence-electron chi connectivity index (χ3n) is 4.76. The Morgan fingerprint density at radius 3 is 2.62 bits per heavy atom. The van der Waals surface area contributed by atoms with Crippen molar-refractivity contribution in [2.24, 2.45) is 5.10 Å². The van der Waals surface area contributed by atoms with Gasteiger partial charge in [0.2, 0.25) is 0 Å². The summed E-state index contributed by atoms with van der Waals surface area (Å²) in [6.45, 7) is 0. The van der Waals surface area contributed by atoms with E-state index in [2.05, 4.69) is 20.5 Å². The predicted octanol–water partition coefficient (Wildman–Crippen LogP) is 4.64. The SMILES string of the molecule is COc1cccc(C=NNC(=O)c2ccc(CSc3nc4ccccc4[nH]3)cc2)c1OC. The second-order valence-electron chi connectivity index (χ2n) is 6.83. The smallest absolute Gasteiger partial charge is 0.271 e. The van der Waals surface area contributed by atoms with E-state index in [4.69, 9.17) is 9.47 Å². The molecule has 8 heteroatoms. The van der Waals surface area contributed by atoms with Crippen molar-refractivity contribution in [1.29, 1.82) is 0 Å². The molecule has 0 spiro atoms. The van der Waals surface area contributed by atoms with Crippen LogP contribution in [0.3, 0.4) is 0 Å². The first-order valence-electron chi connectivity index (χ1n) is 9.89. The van der Waals surface area contributed by atoms with Crippen molar-refractivity contribution in [3.05, 3.63) is 83.4 Å². The molecule has 0 aliphatic rings. The third kappa shape index (κ3) is 4.92. The number of carbonyl (C=O) groups excluding carboxylic acids is 1. The Bertz CT molecular complexity index is 1220. The van der Waals surface area contributed by atoms with Crippen molar-refractivity contribution in [3.63, 3.8) is 0 Å². The lowest BCUT2D eigenvalue weighted by atomic mass is 10.1. The highest BCUT2D eigenvalue weighted by Gasteiger charge is 2.09. The van der Waals surface area contributed by atoms with Gasteiger partial charge in [0.25, 0.3) is 5.91 Å². The van der Waals surface area contributed by atoms with Crippen LogP contribution in [0, 0.1) is 0 Å². The number of nitrogens with one attached hydrogen (secondary N) is 2. The van der Waals surface area contributed by atoms with Gasteiger partial charge in [0.05, 0.1) is 31.5 Å². The van der Waals surface area contributed by atoms with Crippen molar-refractivity contribution in [2.75, 3.05) is 14.2 Å². The fourth-order valence-electron chi connectivity index (χ4n) is 3.14. The lowest BCUT2D eigenvalue weighted by Gasteiger charge is -2.09. The molecule has 0 saturated heterocycles. The fraction of sp³-hybridized carbons (Fsp3) is 0.125. The standard InChI is InChI=1S/C24H22N4O3S/c1-30-21-9-5-6-18(22(21)31-2)14-25-28-23(29)17-12-10-16(11-13-17)15-32-24-26-19-7-3-4-8-20(19)27-24/h3-14H,15H2,1-2H3,(H,26,27)(H,28,29). The number of nitrogens with zero attached hydrogens (tertiary/aromatic N) is 2. The van der Waals surface area contributed by atoms with E-state index in [0.29, 0.717) is 22.6 Å². The van der Waals surface area contributed by atoms with Crippen LogP contribution in [0.4, 0.5) is 0 Å². The van der Waals surface area contributed by atoms with E-state index >= 15 is 0 Å². The minimum atomic E-state index is -0.292. The van der Waals surface area contributed by atoms with Gasteiger partial charge in [-0.3, -0.25) is 4.79 Å². The molecule has 1 amide bonds. The first-order chi connectivity index (χ1) is 15.7. The predicted molar refractivity (Wildman–Crippen MR) is 127 cm³/mol. The highest BCUT2D eigenvalue weighted by atomic mass is 32.2. The monoisotopic (exact) mass is 446 g/mol. The lowest BCUT2D eigenvalue weighted by molar-refractivity contribution is 0.0955. The Morgan fingerprint density at radius 1 is 1.06 bits per heavy atom. The van der Waals surface area contributed by atoms with Gasteiger partial charge < -0.3 is 14.5 Å². The number of hydrogen-bond acceptors (Lipinski definition) is 6. The number of hydrogen-bond donors (Lipinski definition) is 2. The van der Waals surface area contributed by atoms with E-state index in [0.717, 1.165) is 27.5 Å². The van der Waals surface area contributed by atoms with Crippen molar-refractivity contribution >= 4 is 34.9 Å². The minimum absolute atomic E-state index is 0.292. The van der Waals surface area contributed by atoms with Gasteiger partial charge >= 0.3 is 0 Å². The molecule has 0 fully saturated rings. The number of amides is 1. The number of fused-ring (bicyclic) bond motifs is 1. The summed E-state index contributed by atoms with van der Waals surface area (Å²) in [4.78, 5) is 20.3. The second kappa shape index (κ2) is 10.0. The largest absolute Gasteiger partial charge is 0.493 e. The zero-order valence-electron chi connectivity index (χ0n) is 17.7. The number of H-pyrrole nitrogens is 1. The maximum Gasteiger partial charge on any atom is 0.271 e. The van der Waals surface area contributed by atoms with Crippen LogP contribution in [0.1, 0.15) is 21.5 Å². The van der Waals surface area contributed by atoms with E-state index < -0.39 is 0 Å². The lowest BCUT2D eigenvalue weighted by Crippen LogP contribution is -2.17. The topological polar surface area (TPSA) is 88.6 Å². The second-order valence-corrected chi connectivity index (χ2v) is 7.79. The Labute approximate surface area is 189 Å². The molecule has 0 saturated carbocycles. The number of carbonyl (C=O) groups is 1. The molecule has 0 aliphatic carbocycles. The summed E-state index contributed by atoms with van der Waals surface area (Å²) in [5.74, 6) is 1.60. The first-order valence-corrected chi connectivity index (χ1v) is 10.9. The molecule has 0 bridgehead atoms. The third-order valence-corrected chi connectivity index (χ3v) is 5.71. The number of para-hydroxylation sites is 3. The number of hydrazone groups is 1. The Hall–Kier alpha value is -3.78. The Balaban J connectivity index is 1.34. The molecular weight excluding hydrogens is 424 g/mol. The van der Waals surface area contributed by atoms with E-state index in [9.17, 15) is 4.79 Å². The van der Waals surface area contributed by atoms with Gasteiger partial charge in [0.1, 0.15) is 0 Å².